The minimum absolute atomic E-state index is 0.0422. The van der Waals surface area contributed by atoms with Crippen LogP contribution in [0.3, 0.4) is 0 Å². The van der Waals surface area contributed by atoms with Crippen molar-refractivity contribution in [2.24, 2.45) is 0 Å². The molecule has 0 unspecified atom stereocenters. The third kappa shape index (κ3) is 3.76. The van der Waals surface area contributed by atoms with Crippen molar-refractivity contribution >= 4 is 13.0 Å². The summed E-state index contributed by atoms with van der Waals surface area (Å²) in [5.41, 5.74) is 0. The molecular weight excluding hydrogens is 172 g/mol. The van der Waals surface area contributed by atoms with Gasteiger partial charge in [0.1, 0.15) is 0 Å². The van der Waals surface area contributed by atoms with Crippen molar-refractivity contribution in [3.8, 4) is 0 Å². The van der Waals surface area contributed by atoms with Crippen LogP contribution in [0.1, 0.15) is 19.8 Å². The number of hydrogen-bond donors (Lipinski definition) is 0. The maximum atomic E-state index is 13.4. The van der Waals surface area contributed by atoms with Gasteiger partial charge in [-0.3, -0.25) is 4.79 Å². The highest BCUT2D eigenvalue weighted by Gasteiger charge is 2.28. The summed E-state index contributed by atoms with van der Waals surface area (Å²) in [5.74, 6) is -0.791. The van der Waals surface area contributed by atoms with E-state index < -0.39 is 13.0 Å². The summed E-state index contributed by atoms with van der Waals surface area (Å²) in [6.07, 6.45) is 1.90. The number of carbonyl (C=O) groups is 1. The minimum atomic E-state index is -1.57. The monoisotopic (exact) mass is 190 g/mol. The molecule has 0 aliphatic carbocycles. The molecule has 0 heterocycles. The summed E-state index contributed by atoms with van der Waals surface area (Å²) in [6.45, 7) is 2.68. The van der Waals surface area contributed by atoms with E-state index in [-0.39, 0.29) is 4.39 Å². The van der Waals surface area contributed by atoms with E-state index in [9.17, 15) is 9.11 Å². The molecule has 0 aliphatic rings. The first-order valence-electron chi connectivity index (χ1n) is 4.50. The Morgan fingerprint density at radius 3 is 2.46 bits per heavy atom. The second-order valence-electron chi connectivity index (χ2n) is 3.71. The molecular formula is C8H18BFNO2. The summed E-state index contributed by atoms with van der Waals surface area (Å²) in [5, 5.41) is 0. The molecule has 0 saturated heterocycles. The standard InChI is InChI=1S/C8H18BFNO2/c1-5-6-7-11(2,3)9(10)8(12)13-4/h5-7H2,1-4H3. The normalized spacial score (nSPS) is 11.8. The number of halogens is 1. The van der Waals surface area contributed by atoms with E-state index in [4.69, 9.17) is 0 Å². The van der Waals surface area contributed by atoms with Gasteiger partial charge >= 0.3 is 7.12 Å². The number of rotatable bonds is 5. The average molecular weight is 190 g/mol. The Balaban J connectivity index is 4.17. The minimum Gasteiger partial charge on any atom is -0.505 e. The van der Waals surface area contributed by atoms with Crippen LogP contribution in [0.25, 0.3) is 0 Å². The fraction of sp³-hybridized carbons (Fsp3) is 0.875. The van der Waals surface area contributed by atoms with Crippen molar-refractivity contribution in [3.05, 3.63) is 0 Å². The smallest absolute Gasteiger partial charge is 0.434 e. The number of quaternary nitrogens is 1. The molecule has 77 valence electrons. The largest absolute Gasteiger partial charge is 0.505 e. The Bertz CT molecular complexity index is 176. The van der Waals surface area contributed by atoms with Crippen molar-refractivity contribution in [1.29, 1.82) is 0 Å². The summed E-state index contributed by atoms with van der Waals surface area (Å²) in [4.78, 5) is 10.9. The van der Waals surface area contributed by atoms with Gasteiger partial charge in [0.2, 0.25) is 5.87 Å². The number of carbonyl (C=O) groups excluding carboxylic acids is 1. The van der Waals surface area contributed by atoms with Crippen molar-refractivity contribution < 1.29 is 18.2 Å². The van der Waals surface area contributed by atoms with Crippen LogP contribution in [-0.2, 0) is 4.74 Å². The lowest BCUT2D eigenvalue weighted by molar-refractivity contribution is -0.788. The van der Waals surface area contributed by atoms with Crippen molar-refractivity contribution in [2.75, 3.05) is 27.7 Å². The lowest BCUT2D eigenvalue weighted by atomic mass is 9.81. The van der Waals surface area contributed by atoms with Crippen LogP contribution in [-0.4, -0.2) is 45.1 Å². The van der Waals surface area contributed by atoms with Crippen LogP contribution in [0.5, 0.6) is 0 Å². The molecule has 0 spiro atoms. The molecule has 0 rings (SSSR count). The summed E-state index contributed by atoms with van der Waals surface area (Å²) >= 11 is 0. The van der Waals surface area contributed by atoms with E-state index in [0.29, 0.717) is 6.54 Å². The molecule has 0 saturated carbocycles. The van der Waals surface area contributed by atoms with Gasteiger partial charge < -0.3 is 13.4 Å². The molecule has 3 nitrogen and oxygen atoms in total. The van der Waals surface area contributed by atoms with Gasteiger partial charge in [-0.1, -0.05) is 13.3 Å². The quantitative estimate of drug-likeness (QED) is 0.616. The first-order chi connectivity index (χ1) is 5.95. The van der Waals surface area contributed by atoms with E-state index >= 15 is 0 Å². The van der Waals surface area contributed by atoms with Gasteiger partial charge in [0, 0.05) is 20.6 Å². The van der Waals surface area contributed by atoms with Crippen LogP contribution in [0.4, 0.5) is 9.11 Å². The molecule has 5 heteroatoms. The van der Waals surface area contributed by atoms with Gasteiger partial charge in [-0.15, -0.1) is 0 Å². The van der Waals surface area contributed by atoms with Gasteiger partial charge in [0.05, 0.1) is 7.11 Å². The zero-order chi connectivity index (χ0) is 10.5. The number of nitrogens with zero attached hydrogens (tertiary/aromatic N) is 1. The topological polar surface area (TPSA) is 26.3 Å². The van der Waals surface area contributed by atoms with Gasteiger partial charge in [-0.25, -0.2) is 0 Å². The third-order valence-corrected chi connectivity index (χ3v) is 2.10. The molecule has 0 aromatic carbocycles. The molecule has 0 bridgehead atoms. The van der Waals surface area contributed by atoms with Crippen LogP contribution in [0.15, 0.2) is 0 Å². The first kappa shape index (κ1) is 12.4. The van der Waals surface area contributed by atoms with Crippen molar-refractivity contribution in [1.82, 2.24) is 0 Å². The van der Waals surface area contributed by atoms with Crippen LogP contribution in [0.2, 0.25) is 0 Å². The summed E-state index contributed by atoms with van der Waals surface area (Å²) < 4.78 is 17.8. The van der Waals surface area contributed by atoms with E-state index in [1.54, 1.807) is 14.1 Å². The zero-order valence-electron chi connectivity index (χ0n) is 8.84. The number of unbranched alkanes of at least 4 members (excludes halogenated alkanes) is 1. The predicted octanol–water partition coefficient (Wildman–Crippen LogP) is 1.67. The van der Waals surface area contributed by atoms with Crippen LogP contribution in [0, 0.1) is 0 Å². The number of hydrogen-bond acceptors (Lipinski definition) is 2. The summed E-state index contributed by atoms with van der Waals surface area (Å²) in [7, 11) is 3.01. The maximum Gasteiger partial charge on any atom is 0.434 e. The number of methoxy groups -OCH3 is 1. The molecule has 0 atom stereocenters. The van der Waals surface area contributed by atoms with Gasteiger partial charge in [0.25, 0.3) is 0 Å². The molecule has 0 aromatic rings. The molecule has 13 heavy (non-hydrogen) atoms. The van der Waals surface area contributed by atoms with Crippen LogP contribution >= 0.6 is 0 Å². The van der Waals surface area contributed by atoms with Gasteiger partial charge in [-0.2, -0.15) is 0 Å². The summed E-state index contributed by atoms with van der Waals surface area (Å²) in [6, 6.07) is 0. The second-order valence-corrected chi connectivity index (χ2v) is 3.71. The highest BCUT2D eigenvalue weighted by Crippen LogP contribution is 2.08. The third-order valence-electron chi connectivity index (χ3n) is 2.10. The average Bonchev–Trinajstić information content (AvgIpc) is 2.12. The van der Waals surface area contributed by atoms with E-state index in [1.165, 1.54) is 7.11 Å². The highest BCUT2D eigenvalue weighted by molar-refractivity contribution is 6.77. The Kier molecular flexibility index (Phi) is 4.99. The van der Waals surface area contributed by atoms with Gasteiger partial charge in [-0.05, 0) is 6.42 Å². The van der Waals surface area contributed by atoms with Crippen LogP contribution < -0.4 is 0 Å². The fourth-order valence-electron chi connectivity index (χ4n) is 1.06. The molecule has 1 radical (unpaired) electrons. The maximum absolute atomic E-state index is 13.4. The van der Waals surface area contributed by atoms with Crippen molar-refractivity contribution in [2.45, 2.75) is 19.8 Å². The predicted molar refractivity (Wildman–Crippen MR) is 51.2 cm³/mol. The first-order valence-corrected chi connectivity index (χ1v) is 4.50. The van der Waals surface area contributed by atoms with E-state index in [1.807, 2.05) is 6.92 Å². The second kappa shape index (κ2) is 5.22. The molecule has 0 aliphatic heterocycles. The van der Waals surface area contributed by atoms with Crippen molar-refractivity contribution in [3.63, 3.8) is 0 Å². The Morgan fingerprint density at radius 2 is 2.08 bits per heavy atom. The lowest BCUT2D eigenvalue weighted by Crippen LogP contribution is -2.54. The van der Waals surface area contributed by atoms with E-state index in [0.717, 1.165) is 12.8 Å². The molecule has 0 fully saturated rings. The molecule has 0 N–H and O–H groups in total. The Labute approximate surface area is 79.6 Å². The van der Waals surface area contributed by atoms with E-state index in [2.05, 4.69) is 4.74 Å². The lowest BCUT2D eigenvalue weighted by Gasteiger charge is -2.41. The molecule has 0 aromatic heterocycles. The zero-order valence-corrected chi connectivity index (χ0v) is 8.84. The number of ether oxygens (including phenoxy) is 1. The molecule has 0 amide bonds. The van der Waals surface area contributed by atoms with Gasteiger partial charge in [0.15, 0.2) is 0 Å². The SMILES string of the molecule is CCCC[N+](C)(C)[B-](F)C(=O)OC. The Hall–Kier alpha value is -0.575. The highest BCUT2D eigenvalue weighted by atomic mass is 19.1. The fourth-order valence-corrected chi connectivity index (χ4v) is 1.06. The Morgan fingerprint density at radius 1 is 1.54 bits per heavy atom.